The fourth-order valence-corrected chi connectivity index (χ4v) is 4.11. The SMILES string of the molecule is Cc1nnc(-c2cc3cc(CC(=O)N4CCN(C(C)C)CC4)ncc3cn2)s1. The number of aryl methyl sites for hydroxylation is 1. The number of pyridine rings is 2. The Morgan fingerprint density at radius 3 is 2.50 bits per heavy atom. The molecule has 0 bridgehead atoms. The molecule has 1 saturated heterocycles. The lowest BCUT2D eigenvalue weighted by Gasteiger charge is -2.36. The Kier molecular flexibility index (Phi) is 5.32. The Hall–Kier alpha value is -2.45. The lowest BCUT2D eigenvalue weighted by molar-refractivity contribution is -0.132. The number of aromatic nitrogens is 4. The molecule has 0 aliphatic carbocycles. The summed E-state index contributed by atoms with van der Waals surface area (Å²) in [7, 11) is 0. The molecular formula is C20H24N6OS. The van der Waals surface area contributed by atoms with Crippen molar-refractivity contribution in [1.82, 2.24) is 30.0 Å². The van der Waals surface area contributed by atoms with Crippen molar-refractivity contribution >= 4 is 28.0 Å². The number of fused-ring (bicyclic) bond motifs is 1. The molecule has 0 unspecified atom stereocenters. The van der Waals surface area contributed by atoms with E-state index in [0.717, 1.165) is 58.4 Å². The maximum Gasteiger partial charge on any atom is 0.228 e. The quantitative estimate of drug-likeness (QED) is 0.675. The molecule has 1 fully saturated rings. The average Bonchev–Trinajstić information content (AvgIpc) is 3.14. The molecule has 0 N–H and O–H groups in total. The number of amides is 1. The van der Waals surface area contributed by atoms with Gasteiger partial charge in [0.05, 0.1) is 12.1 Å². The zero-order chi connectivity index (χ0) is 19.7. The van der Waals surface area contributed by atoms with Gasteiger partial charge in [-0.25, -0.2) is 0 Å². The molecule has 0 saturated carbocycles. The van der Waals surface area contributed by atoms with E-state index in [9.17, 15) is 4.79 Å². The van der Waals surface area contributed by atoms with E-state index in [1.807, 2.05) is 24.0 Å². The van der Waals surface area contributed by atoms with E-state index >= 15 is 0 Å². The molecule has 3 aromatic heterocycles. The van der Waals surface area contributed by atoms with Crippen LogP contribution in [-0.2, 0) is 11.2 Å². The van der Waals surface area contributed by atoms with E-state index in [4.69, 9.17) is 0 Å². The molecule has 1 aliphatic heterocycles. The zero-order valence-electron chi connectivity index (χ0n) is 16.4. The summed E-state index contributed by atoms with van der Waals surface area (Å²) in [4.78, 5) is 26.0. The molecule has 8 heteroatoms. The van der Waals surface area contributed by atoms with Gasteiger partial charge in [-0.05, 0) is 38.3 Å². The third-order valence-electron chi connectivity index (χ3n) is 5.13. The second-order valence-corrected chi connectivity index (χ2v) is 8.59. The Bertz CT molecular complexity index is 993. The van der Waals surface area contributed by atoms with E-state index in [2.05, 4.69) is 38.9 Å². The van der Waals surface area contributed by atoms with Crippen LogP contribution in [0.3, 0.4) is 0 Å². The molecule has 0 atom stereocenters. The molecule has 4 heterocycles. The Morgan fingerprint density at radius 2 is 1.82 bits per heavy atom. The summed E-state index contributed by atoms with van der Waals surface area (Å²) >= 11 is 1.52. The lowest BCUT2D eigenvalue weighted by atomic mass is 10.1. The smallest absolute Gasteiger partial charge is 0.228 e. The summed E-state index contributed by atoms with van der Waals surface area (Å²) in [5, 5.41) is 11.9. The van der Waals surface area contributed by atoms with Crippen LogP contribution in [-0.4, -0.2) is 68.1 Å². The van der Waals surface area contributed by atoms with Crippen LogP contribution in [0.25, 0.3) is 21.5 Å². The number of carbonyl (C=O) groups excluding carboxylic acids is 1. The van der Waals surface area contributed by atoms with Crippen LogP contribution in [0.2, 0.25) is 0 Å². The zero-order valence-corrected chi connectivity index (χ0v) is 17.2. The first-order valence-electron chi connectivity index (χ1n) is 9.56. The summed E-state index contributed by atoms with van der Waals surface area (Å²) in [5.74, 6) is 0.143. The van der Waals surface area contributed by atoms with Gasteiger partial charge in [-0.15, -0.1) is 10.2 Å². The molecule has 3 aromatic rings. The standard InChI is InChI=1S/C20H24N6OS/c1-13(2)25-4-6-26(7-5-25)19(27)10-17-8-15-9-18(20-24-23-14(3)28-20)22-12-16(15)11-21-17/h8-9,11-13H,4-7,10H2,1-3H3. The van der Waals surface area contributed by atoms with Crippen molar-refractivity contribution in [3.63, 3.8) is 0 Å². The monoisotopic (exact) mass is 396 g/mol. The van der Waals surface area contributed by atoms with Crippen LogP contribution in [0.4, 0.5) is 0 Å². The largest absolute Gasteiger partial charge is 0.340 e. The first kappa shape index (κ1) is 18.9. The predicted molar refractivity (Wildman–Crippen MR) is 110 cm³/mol. The molecule has 7 nitrogen and oxygen atoms in total. The molecule has 28 heavy (non-hydrogen) atoms. The van der Waals surface area contributed by atoms with Crippen LogP contribution in [0.5, 0.6) is 0 Å². The first-order chi connectivity index (χ1) is 13.5. The highest BCUT2D eigenvalue weighted by atomic mass is 32.1. The molecule has 1 aliphatic rings. The molecule has 0 spiro atoms. The fraction of sp³-hybridized carbons (Fsp3) is 0.450. The van der Waals surface area contributed by atoms with E-state index in [0.29, 0.717) is 12.5 Å². The highest BCUT2D eigenvalue weighted by Gasteiger charge is 2.22. The summed E-state index contributed by atoms with van der Waals surface area (Å²) in [6, 6.07) is 4.50. The molecule has 146 valence electrons. The van der Waals surface area contributed by atoms with Gasteiger partial charge in [0.2, 0.25) is 5.91 Å². The van der Waals surface area contributed by atoms with Crippen molar-refractivity contribution < 1.29 is 4.79 Å². The molecule has 1 amide bonds. The minimum atomic E-state index is 0.143. The first-order valence-corrected chi connectivity index (χ1v) is 10.4. The van der Waals surface area contributed by atoms with Gasteiger partial charge >= 0.3 is 0 Å². The average molecular weight is 397 g/mol. The van der Waals surface area contributed by atoms with Gasteiger partial charge in [0.1, 0.15) is 10.7 Å². The number of rotatable bonds is 4. The van der Waals surface area contributed by atoms with E-state index < -0.39 is 0 Å². The number of carbonyl (C=O) groups is 1. The van der Waals surface area contributed by atoms with Gasteiger partial charge in [0.15, 0.2) is 5.01 Å². The van der Waals surface area contributed by atoms with E-state index in [1.165, 1.54) is 11.3 Å². The molecule has 4 rings (SSSR count). The maximum absolute atomic E-state index is 12.7. The van der Waals surface area contributed by atoms with Crippen LogP contribution < -0.4 is 0 Å². The van der Waals surface area contributed by atoms with Crippen molar-refractivity contribution in [2.75, 3.05) is 26.2 Å². The number of hydrogen-bond acceptors (Lipinski definition) is 7. The minimum absolute atomic E-state index is 0.143. The summed E-state index contributed by atoms with van der Waals surface area (Å²) < 4.78 is 0. The number of hydrogen-bond donors (Lipinski definition) is 0. The maximum atomic E-state index is 12.7. The van der Waals surface area contributed by atoms with Crippen molar-refractivity contribution in [3.8, 4) is 10.7 Å². The topological polar surface area (TPSA) is 75.1 Å². The molecule has 0 aromatic carbocycles. The number of nitrogens with zero attached hydrogens (tertiary/aromatic N) is 6. The van der Waals surface area contributed by atoms with Crippen molar-refractivity contribution in [3.05, 3.63) is 35.2 Å². The van der Waals surface area contributed by atoms with Crippen LogP contribution in [0.1, 0.15) is 24.5 Å². The van der Waals surface area contributed by atoms with E-state index in [1.54, 1.807) is 12.4 Å². The minimum Gasteiger partial charge on any atom is -0.340 e. The Morgan fingerprint density at radius 1 is 1.07 bits per heavy atom. The predicted octanol–water partition coefficient (Wildman–Crippen LogP) is 2.55. The highest BCUT2D eigenvalue weighted by molar-refractivity contribution is 7.14. The summed E-state index contributed by atoms with van der Waals surface area (Å²) in [5.41, 5.74) is 1.58. The van der Waals surface area contributed by atoms with Gasteiger partial charge < -0.3 is 4.90 Å². The Balaban J connectivity index is 1.49. The van der Waals surface area contributed by atoms with Crippen LogP contribution in [0, 0.1) is 6.92 Å². The number of piperazine rings is 1. The normalized spacial score (nSPS) is 15.5. The van der Waals surface area contributed by atoms with Crippen molar-refractivity contribution in [2.24, 2.45) is 0 Å². The molecule has 0 radical (unpaired) electrons. The molecular weight excluding hydrogens is 372 g/mol. The van der Waals surface area contributed by atoms with Crippen LogP contribution >= 0.6 is 11.3 Å². The summed E-state index contributed by atoms with van der Waals surface area (Å²) in [6.07, 6.45) is 3.91. The van der Waals surface area contributed by atoms with Crippen molar-refractivity contribution in [1.29, 1.82) is 0 Å². The van der Waals surface area contributed by atoms with Gasteiger partial charge in [-0.1, -0.05) is 11.3 Å². The second-order valence-electron chi connectivity index (χ2n) is 7.41. The highest BCUT2D eigenvalue weighted by Crippen LogP contribution is 2.24. The second kappa shape index (κ2) is 7.89. The lowest BCUT2D eigenvalue weighted by Crippen LogP contribution is -2.51. The Labute approximate surface area is 168 Å². The fourth-order valence-electron chi connectivity index (χ4n) is 3.45. The van der Waals surface area contributed by atoms with Gasteiger partial charge in [0.25, 0.3) is 0 Å². The van der Waals surface area contributed by atoms with Gasteiger partial charge in [0, 0.05) is 50.0 Å². The summed E-state index contributed by atoms with van der Waals surface area (Å²) in [6.45, 7) is 9.77. The van der Waals surface area contributed by atoms with E-state index in [-0.39, 0.29) is 5.91 Å². The third kappa shape index (κ3) is 4.02. The van der Waals surface area contributed by atoms with Gasteiger partial charge in [-0.3, -0.25) is 19.7 Å². The van der Waals surface area contributed by atoms with Crippen molar-refractivity contribution in [2.45, 2.75) is 33.2 Å². The van der Waals surface area contributed by atoms with Gasteiger partial charge in [-0.2, -0.15) is 0 Å². The van der Waals surface area contributed by atoms with Crippen LogP contribution in [0.15, 0.2) is 24.5 Å². The third-order valence-corrected chi connectivity index (χ3v) is 6.00.